The number of hydrogen-bond acceptors (Lipinski definition) is 4. The highest BCUT2D eigenvalue weighted by Crippen LogP contribution is 2.31. The molecule has 1 N–H and O–H groups in total. The summed E-state index contributed by atoms with van der Waals surface area (Å²) in [4.78, 5) is 17.2. The molecule has 5 rings (SSSR count). The first kappa shape index (κ1) is 24.3. The first-order valence-electron chi connectivity index (χ1n) is 12.7. The Kier molecular flexibility index (Phi) is 7.18. The Morgan fingerprint density at radius 2 is 1.89 bits per heavy atom. The van der Waals surface area contributed by atoms with Crippen LogP contribution in [0.25, 0.3) is 17.0 Å². The van der Waals surface area contributed by atoms with Crippen molar-refractivity contribution in [3.05, 3.63) is 77.0 Å². The summed E-state index contributed by atoms with van der Waals surface area (Å²) >= 11 is 1.42. The number of nitrogens with zero attached hydrogens (tertiary/aromatic N) is 4. The van der Waals surface area contributed by atoms with Crippen molar-refractivity contribution < 1.29 is 4.79 Å². The highest BCUT2D eigenvalue weighted by Gasteiger charge is 2.35. The fourth-order valence-electron chi connectivity index (χ4n) is 4.70. The number of unbranched alkanes of at least 4 members (excludes halogenated alkanes) is 4. The minimum absolute atomic E-state index is 0.0917. The predicted molar refractivity (Wildman–Crippen MR) is 151 cm³/mol. The van der Waals surface area contributed by atoms with Gasteiger partial charge in [0, 0.05) is 29.2 Å². The van der Waals surface area contributed by atoms with Gasteiger partial charge in [-0.25, -0.2) is 0 Å². The SMILES string of the molecule is CCCCCCCC1=NN2C(=N)/C(=C\c3cn(Cc4cccc(C)c4)c4ccccc34)C(=O)N=C2S1. The van der Waals surface area contributed by atoms with Crippen molar-refractivity contribution in [2.75, 3.05) is 0 Å². The van der Waals surface area contributed by atoms with E-state index in [0.29, 0.717) is 5.17 Å². The number of aliphatic imine (C=N–C) groups is 1. The van der Waals surface area contributed by atoms with Gasteiger partial charge in [-0.1, -0.05) is 80.6 Å². The maximum atomic E-state index is 13.0. The van der Waals surface area contributed by atoms with Gasteiger partial charge >= 0.3 is 0 Å². The van der Waals surface area contributed by atoms with Gasteiger partial charge in [0.05, 0.1) is 5.57 Å². The van der Waals surface area contributed by atoms with Crippen LogP contribution in [0.4, 0.5) is 0 Å². The summed E-state index contributed by atoms with van der Waals surface area (Å²) in [5, 5.41) is 17.4. The second-order valence-electron chi connectivity index (χ2n) is 9.40. The van der Waals surface area contributed by atoms with E-state index in [-0.39, 0.29) is 17.3 Å². The molecule has 6 nitrogen and oxygen atoms in total. The molecule has 3 heterocycles. The van der Waals surface area contributed by atoms with Crippen molar-refractivity contribution in [3.63, 3.8) is 0 Å². The molecule has 7 heteroatoms. The molecular formula is C29H31N5OS. The molecule has 0 saturated heterocycles. The molecule has 0 spiro atoms. The zero-order chi connectivity index (χ0) is 25.1. The van der Waals surface area contributed by atoms with Gasteiger partial charge in [-0.3, -0.25) is 10.2 Å². The van der Waals surface area contributed by atoms with Crippen LogP contribution in [0.5, 0.6) is 0 Å². The second kappa shape index (κ2) is 10.7. The molecule has 2 aromatic carbocycles. The molecule has 184 valence electrons. The Bertz CT molecular complexity index is 1410. The predicted octanol–water partition coefficient (Wildman–Crippen LogP) is 6.98. The number of para-hydroxylation sites is 1. The van der Waals surface area contributed by atoms with Gasteiger partial charge in [-0.05, 0) is 49.2 Å². The number of rotatable bonds is 9. The third-order valence-corrected chi connectivity index (χ3v) is 7.51. The third kappa shape index (κ3) is 5.07. The van der Waals surface area contributed by atoms with Crippen molar-refractivity contribution in [1.82, 2.24) is 9.58 Å². The maximum Gasteiger partial charge on any atom is 0.283 e. The number of nitrogens with one attached hydrogen (secondary N) is 1. The zero-order valence-corrected chi connectivity index (χ0v) is 21.6. The van der Waals surface area contributed by atoms with E-state index in [2.05, 4.69) is 71.1 Å². The molecule has 0 fully saturated rings. The van der Waals surface area contributed by atoms with E-state index in [4.69, 9.17) is 5.41 Å². The molecule has 2 aliphatic rings. The van der Waals surface area contributed by atoms with Crippen LogP contribution < -0.4 is 0 Å². The number of benzene rings is 2. The van der Waals surface area contributed by atoms with Crippen LogP contribution in [-0.4, -0.2) is 31.5 Å². The minimum Gasteiger partial charge on any atom is -0.342 e. The molecule has 0 bridgehead atoms. The quantitative estimate of drug-likeness (QED) is 0.256. The lowest BCUT2D eigenvalue weighted by Crippen LogP contribution is -2.35. The van der Waals surface area contributed by atoms with Crippen LogP contribution in [0.15, 0.2) is 70.4 Å². The van der Waals surface area contributed by atoms with Gasteiger partial charge in [-0.2, -0.15) is 15.1 Å². The van der Waals surface area contributed by atoms with E-state index in [1.807, 2.05) is 12.1 Å². The summed E-state index contributed by atoms with van der Waals surface area (Å²) in [7, 11) is 0. The molecule has 36 heavy (non-hydrogen) atoms. The smallest absolute Gasteiger partial charge is 0.283 e. The van der Waals surface area contributed by atoms with Gasteiger partial charge in [0.15, 0.2) is 5.84 Å². The van der Waals surface area contributed by atoms with Crippen LogP contribution in [-0.2, 0) is 11.3 Å². The molecule has 0 atom stereocenters. The van der Waals surface area contributed by atoms with Gasteiger partial charge in [0.2, 0.25) is 5.17 Å². The lowest BCUT2D eigenvalue weighted by Gasteiger charge is -2.20. The van der Waals surface area contributed by atoms with Crippen molar-refractivity contribution in [3.8, 4) is 0 Å². The first-order chi connectivity index (χ1) is 17.5. The number of aromatic nitrogens is 1. The fourth-order valence-corrected chi connectivity index (χ4v) is 5.62. The Balaban J connectivity index is 1.40. The number of amidine groups is 2. The van der Waals surface area contributed by atoms with Crippen molar-refractivity contribution in [2.45, 2.75) is 58.9 Å². The average molecular weight is 498 g/mol. The summed E-state index contributed by atoms with van der Waals surface area (Å²) in [6.45, 7) is 5.04. The highest BCUT2D eigenvalue weighted by molar-refractivity contribution is 8.26. The van der Waals surface area contributed by atoms with Crippen molar-refractivity contribution in [2.24, 2.45) is 10.1 Å². The number of thioether (sulfide) groups is 1. The summed E-state index contributed by atoms with van der Waals surface area (Å²) in [6, 6.07) is 16.7. The Labute approximate surface area is 216 Å². The number of carbonyl (C=O) groups is 1. The molecule has 0 radical (unpaired) electrons. The molecule has 3 aromatic rings. The van der Waals surface area contributed by atoms with Crippen LogP contribution in [0.3, 0.4) is 0 Å². The molecule has 1 amide bonds. The number of hydrazone groups is 1. The molecular weight excluding hydrogens is 466 g/mol. The monoisotopic (exact) mass is 497 g/mol. The molecule has 1 aromatic heterocycles. The maximum absolute atomic E-state index is 13.0. The van der Waals surface area contributed by atoms with Crippen LogP contribution in [0.2, 0.25) is 0 Å². The van der Waals surface area contributed by atoms with E-state index in [1.54, 1.807) is 6.08 Å². The largest absolute Gasteiger partial charge is 0.342 e. The average Bonchev–Trinajstić information content (AvgIpc) is 3.43. The number of carbonyl (C=O) groups excluding carboxylic acids is 1. The van der Waals surface area contributed by atoms with E-state index >= 15 is 0 Å². The van der Waals surface area contributed by atoms with E-state index in [9.17, 15) is 4.79 Å². The van der Waals surface area contributed by atoms with Gasteiger partial charge in [0.25, 0.3) is 5.91 Å². The minimum atomic E-state index is -0.381. The molecule has 0 unspecified atom stereocenters. The van der Waals surface area contributed by atoms with Crippen LogP contribution in [0.1, 0.15) is 62.1 Å². The molecule has 0 aliphatic carbocycles. The number of amides is 1. The normalized spacial score (nSPS) is 16.6. The lowest BCUT2D eigenvalue weighted by molar-refractivity contribution is -0.114. The van der Waals surface area contributed by atoms with Crippen molar-refractivity contribution >= 4 is 50.7 Å². The number of hydrogen-bond donors (Lipinski definition) is 1. The lowest BCUT2D eigenvalue weighted by atomic mass is 10.1. The summed E-state index contributed by atoms with van der Waals surface area (Å²) in [5.74, 6) is -0.289. The standard InChI is InChI=1S/C29H31N5OS/c1-3-4-5-6-7-15-26-32-34-27(30)24(28(35)31-29(34)36-26)17-22-19-33(25-14-9-8-13-23(22)25)18-21-12-10-11-20(2)16-21/h8-14,16-17,19,30H,3-7,15,18H2,1-2H3/b24-17+,30-27?. The third-order valence-electron chi connectivity index (χ3n) is 6.55. The summed E-state index contributed by atoms with van der Waals surface area (Å²) < 4.78 is 2.20. The van der Waals surface area contributed by atoms with E-state index in [1.165, 1.54) is 53.6 Å². The zero-order valence-electron chi connectivity index (χ0n) is 20.8. The van der Waals surface area contributed by atoms with Gasteiger partial charge < -0.3 is 4.57 Å². The summed E-state index contributed by atoms with van der Waals surface area (Å²) in [6.07, 6.45) is 10.7. The topological polar surface area (TPSA) is 73.8 Å². The Hall–Kier alpha value is -3.45. The van der Waals surface area contributed by atoms with Crippen molar-refractivity contribution in [1.29, 1.82) is 5.41 Å². The number of aryl methyl sites for hydroxylation is 1. The molecule has 0 saturated carbocycles. The second-order valence-corrected chi connectivity index (χ2v) is 10.4. The van der Waals surface area contributed by atoms with Gasteiger partial charge in [0.1, 0.15) is 5.04 Å². The Morgan fingerprint density at radius 1 is 1.06 bits per heavy atom. The first-order valence-corrected chi connectivity index (χ1v) is 13.5. The van der Waals surface area contributed by atoms with Crippen LogP contribution in [0, 0.1) is 12.3 Å². The summed E-state index contributed by atoms with van der Waals surface area (Å²) in [5.41, 5.74) is 4.70. The fraction of sp³-hybridized carbons (Fsp3) is 0.310. The highest BCUT2D eigenvalue weighted by atomic mass is 32.2. The number of fused-ring (bicyclic) bond motifs is 2. The van der Waals surface area contributed by atoms with E-state index < -0.39 is 0 Å². The van der Waals surface area contributed by atoms with Crippen LogP contribution >= 0.6 is 11.8 Å². The van der Waals surface area contributed by atoms with Gasteiger partial charge in [-0.15, -0.1) is 0 Å². The van der Waals surface area contributed by atoms with E-state index in [0.717, 1.165) is 40.9 Å². The Morgan fingerprint density at radius 3 is 2.72 bits per heavy atom. The molecule has 2 aliphatic heterocycles.